The minimum Gasteiger partial charge on any atom is -0.218 e. The zero-order valence-corrected chi connectivity index (χ0v) is 4.14. The molecule has 0 aliphatic rings. The van der Waals surface area contributed by atoms with Crippen LogP contribution < -0.4 is 4.98 Å². The number of nitrogens with one attached hydrogen (secondary N) is 1. The first-order valence-electron chi connectivity index (χ1n) is 2.24. The van der Waals surface area contributed by atoms with E-state index in [9.17, 15) is 0 Å². The topological polar surface area (TPSA) is 40.2 Å². The molecule has 0 spiro atoms. The fraction of sp³-hybridized carbons (Fsp3) is 0.500. The highest BCUT2D eigenvalue weighted by Crippen LogP contribution is 1.82. The summed E-state index contributed by atoms with van der Waals surface area (Å²) in [6, 6.07) is 0. The van der Waals surface area contributed by atoms with E-state index in [1.54, 1.807) is 0 Å². The molecule has 0 saturated heterocycles. The second kappa shape index (κ2) is 1.73. The second-order valence-corrected chi connectivity index (χ2v) is 1.25. The van der Waals surface area contributed by atoms with Crippen molar-refractivity contribution in [3.63, 3.8) is 0 Å². The van der Waals surface area contributed by atoms with Gasteiger partial charge in [-0.15, -0.1) is 0 Å². The molecule has 1 aromatic heterocycles. The largest absolute Gasteiger partial charge is 0.334 e. The van der Waals surface area contributed by atoms with Gasteiger partial charge in [-0.3, -0.25) is 0 Å². The molecule has 3 heteroatoms. The van der Waals surface area contributed by atoms with Crippen molar-refractivity contribution in [2.45, 2.75) is 13.3 Å². The number of nitrogens with zero attached hydrogens (tertiary/aromatic N) is 1. The summed E-state index contributed by atoms with van der Waals surface area (Å²) in [5, 5.41) is 3.46. The molecular weight excluding hydrogens is 92.1 g/mol. The number of aryl methyl sites for hydroxylation is 1. The highest BCUT2D eigenvalue weighted by molar-refractivity contribution is 4.56. The summed E-state index contributed by atoms with van der Waals surface area (Å²) in [6.07, 6.45) is 2.40. The van der Waals surface area contributed by atoms with E-state index in [4.69, 9.17) is 0 Å². The summed E-state index contributed by atoms with van der Waals surface area (Å²) >= 11 is 0. The molecule has 1 N–H and O–H groups in total. The lowest BCUT2D eigenvalue weighted by Crippen LogP contribution is -2.01. The van der Waals surface area contributed by atoms with Crippen LogP contribution in [0.25, 0.3) is 0 Å². The van der Waals surface area contributed by atoms with Crippen LogP contribution in [0.1, 0.15) is 12.8 Å². The van der Waals surface area contributed by atoms with Crippen LogP contribution in [0.15, 0.2) is 10.9 Å². The molecule has 7 heavy (non-hydrogen) atoms. The van der Waals surface area contributed by atoms with E-state index < -0.39 is 0 Å². The van der Waals surface area contributed by atoms with Gasteiger partial charge in [0.05, 0.1) is 0 Å². The van der Waals surface area contributed by atoms with E-state index in [1.165, 1.54) is 6.33 Å². The van der Waals surface area contributed by atoms with E-state index in [-0.39, 0.29) is 0 Å². The van der Waals surface area contributed by atoms with Crippen LogP contribution in [0, 0.1) is 0 Å². The third kappa shape index (κ3) is 0.765. The number of hydrogen-bond acceptors (Lipinski definition) is 2. The van der Waals surface area contributed by atoms with E-state index in [2.05, 4.69) is 14.7 Å². The summed E-state index contributed by atoms with van der Waals surface area (Å²) in [7, 11) is 0. The Labute approximate surface area is 41.3 Å². The van der Waals surface area contributed by atoms with Crippen LogP contribution in [0.2, 0.25) is 0 Å². The quantitative estimate of drug-likeness (QED) is 0.499. The molecule has 0 bridgehead atoms. The zero-order chi connectivity index (χ0) is 5.11. The summed E-state index contributed by atoms with van der Waals surface area (Å²) in [5.74, 6) is 0.819. The van der Waals surface area contributed by atoms with E-state index in [0.29, 0.717) is 0 Å². The minimum atomic E-state index is 0.819. The number of hydrogen-bond donors (Lipinski definition) is 0. The van der Waals surface area contributed by atoms with Gasteiger partial charge in [-0.05, 0) is 0 Å². The molecule has 3 nitrogen and oxygen atoms in total. The van der Waals surface area contributed by atoms with Crippen molar-refractivity contribution in [2.24, 2.45) is 0 Å². The zero-order valence-electron chi connectivity index (χ0n) is 4.14. The smallest absolute Gasteiger partial charge is 0.218 e. The molecule has 0 atom stereocenters. The van der Waals surface area contributed by atoms with Crippen molar-refractivity contribution in [1.82, 2.24) is 5.16 Å². The van der Waals surface area contributed by atoms with Crippen LogP contribution in [0.3, 0.4) is 0 Å². The monoisotopic (exact) mass is 99.1 g/mol. The van der Waals surface area contributed by atoms with Crippen molar-refractivity contribution in [1.29, 1.82) is 0 Å². The van der Waals surface area contributed by atoms with Crippen LogP contribution in [-0.2, 0) is 6.42 Å². The van der Waals surface area contributed by atoms with E-state index in [0.717, 1.165) is 12.3 Å². The Kier molecular flexibility index (Phi) is 1.06. The Morgan fingerprint density at radius 3 is 3.14 bits per heavy atom. The van der Waals surface area contributed by atoms with E-state index >= 15 is 0 Å². The SMILES string of the molecule is CCc1[nH+]cno1. The number of H-pyrrole nitrogens is 1. The summed E-state index contributed by atoms with van der Waals surface area (Å²) < 4.78 is 4.68. The highest BCUT2D eigenvalue weighted by atomic mass is 16.5. The number of aromatic amines is 1. The van der Waals surface area contributed by atoms with Gasteiger partial charge in [-0.1, -0.05) is 6.92 Å². The van der Waals surface area contributed by atoms with E-state index in [1.807, 2.05) is 6.92 Å². The van der Waals surface area contributed by atoms with Gasteiger partial charge < -0.3 is 0 Å². The van der Waals surface area contributed by atoms with Crippen LogP contribution >= 0.6 is 0 Å². The first kappa shape index (κ1) is 4.30. The third-order valence-corrected chi connectivity index (χ3v) is 0.762. The van der Waals surface area contributed by atoms with Gasteiger partial charge in [0.1, 0.15) is 0 Å². The van der Waals surface area contributed by atoms with Crippen LogP contribution in [0.4, 0.5) is 0 Å². The van der Waals surface area contributed by atoms with Crippen molar-refractivity contribution in [3.8, 4) is 0 Å². The van der Waals surface area contributed by atoms with Gasteiger partial charge in [-0.25, -0.2) is 9.51 Å². The first-order chi connectivity index (χ1) is 3.43. The maximum atomic E-state index is 4.68. The predicted molar refractivity (Wildman–Crippen MR) is 22.4 cm³/mol. The molecule has 0 radical (unpaired) electrons. The van der Waals surface area contributed by atoms with Gasteiger partial charge >= 0.3 is 12.2 Å². The fourth-order valence-electron chi connectivity index (χ4n) is 0.381. The van der Waals surface area contributed by atoms with Crippen molar-refractivity contribution < 1.29 is 9.51 Å². The molecule has 1 heterocycles. The first-order valence-corrected chi connectivity index (χ1v) is 2.24. The average molecular weight is 99.1 g/mol. The van der Waals surface area contributed by atoms with Gasteiger partial charge in [0.25, 0.3) is 0 Å². The van der Waals surface area contributed by atoms with Gasteiger partial charge in [0, 0.05) is 6.42 Å². The van der Waals surface area contributed by atoms with Crippen molar-refractivity contribution >= 4 is 0 Å². The molecule has 0 aromatic carbocycles. The molecular formula is C4H7N2O+. The second-order valence-electron chi connectivity index (χ2n) is 1.25. The molecule has 0 fully saturated rings. The Morgan fingerprint density at radius 1 is 2.00 bits per heavy atom. The van der Waals surface area contributed by atoms with Gasteiger partial charge in [0.15, 0.2) is 5.16 Å². The van der Waals surface area contributed by atoms with Gasteiger partial charge in [0.2, 0.25) is 0 Å². The standard InChI is InChI=1S/C4H6N2O/c1-2-4-5-3-6-7-4/h3H,2H2,1H3/p+1. The number of aromatic nitrogens is 2. The fourth-order valence-corrected chi connectivity index (χ4v) is 0.381. The van der Waals surface area contributed by atoms with Crippen molar-refractivity contribution in [2.75, 3.05) is 0 Å². The molecule has 1 rings (SSSR count). The molecule has 1 aromatic rings. The molecule has 0 unspecified atom stereocenters. The Morgan fingerprint density at radius 2 is 2.86 bits per heavy atom. The van der Waals surface area contributed by atoms with Gasteiger partial charge in [-0.2, -0.15) is 0 Å². The Balaban J connectivity index is 2.76. The normalized spacial score (nSPS) is 9.29. The molecule has 0 aliphatic carbocycles. The molecule has 0 amide bonds. The number of rotatable bonds is 1. The maximum absolute atomic E-state index is 4.68. The minimum absolute atomic E-state index is 0.819. The highest BCUT2D eigenvalue weighted by Gasteiger charge is 1.96. The molecule has 0 aliphatic heterocycles. The lowest BCUT2D eigenvalue weighted by Gasteiger charge is -1.68. The maximum Gasteiger partial charge on any atom is 0.334 e. The predicted octanol–water partition coefficient (Wildman–Crippen LogP) is 0.0511. The summed E-state index contributed by atoms with van der Waals surface area (Å²) in [5.41, 5.74) is 0. The summed E-state index contributed by atoms with van der Waals surface area (Å²) in [4.78, 5) is 2.81. The summed E-state index contributed by atoms with van der Waals surface area (Å²) in [6.45, 7) is 2.00. The lowest BCUT2D eigenvalue weighted by molar-refractivity contribution is -0.397. The van der Waals surface area contributed by atoms with Crippen LogP contribution in [0.5, 0.6) is 0 Å². The lowest BCUT2D eigenvalue weighted by atomic mass is 10.5. The Bertz CT molecular complexity index is 124. The molecule has 38 valence electrons. The Hall–Kier alpha value is -0.860. The van der Waals surface area contributed by atoms with Crippen molar-refractivity contribution in [3.05, 3.63) is 12.2 Å². The average Bonchev–Trinajstić information content (AvgIpc) is 2.14. The third-order valence-electron chi connectivity index (χ3n) is 0.762. The molecule has 0 saturated carbocycles. The van der Waals surface area contributed by atoms with Crippen LogP contribution in [-0.4, -0.2) is 5.16 Å².